The van der Waals surface area contributed by atoms with E-state index in [9.17, 15) is 23.6 Å². The van der Waals surface area contributed by atoms with E-state index >= 15 is 0 Å². The number of non-ortho nitro benzene ring substituents is 1. The molecule has 0 spiro atoms. The average Bonchev–Trinajstić information content (AvgIpc) is 2.37. The van der Waals surface area contributed by atoms with Crippen molar-refractivity contribution in [2.45, 2.75) is 24.2 Å². The standard InChI is InChI=1S/C11H14ClNO5S/c1-3-19(17,18)11(2,12)10(14)8-5-4-6-9(7-8)13(15)16/h4-7,10,14H,3H2,1-2H3/t10-,11-/m1/s1. The first-order chi connectivity index (χ1) is 8.63. The van der Waals surface area contributed by atoms with Gasteiger partial charge in [0.2, 0.25) is 0 Å². The first kappa shape index (κ1) is 15.9. The van der Waals surface area contributed by atoms with Gasteiger partial charge in [0.05, 0.1) is 4.92 Å². The monoisotopic (exact) mass is 307 g/mol. The van der Waals surface area contributed by atoms with Gasteiger partial charge in [0, 0.05) is 17.9 Å². The normalized spacial score (nSPS) is 16.6. The molecule has 0 saturated carbocycles. The minimum Gasteiger partial charge on any atom is -0.385 e. The average molecular weight is 308 g/mol. The van der Waals surface area contributed by atoms with Gasteiger partial charge >= 0.3 is 0 Å². The first-order valence-corrected chi connectivity index (χ1v) is 7.50. The van der Waals surface area contributed by atoms with E-state index in [0.29, 0.717) is 0 Å². The third-order valence-corrected chi connectivity index (χ3v) is 5.98. The predicted octanol–water partition coefficient (Wildman–Crippen LogP) is 2.02. The third-order valence-electron chi connectivity index (χ3n) is 2.87. The number of nitro groups is 1. The van der Waals surface area contributed by atoms with E-state index < -0.39 is 25.1 Å². The third kappa shape index (κ3) is 3.05. The maximum absolute atomic E-state index is 11.8. The summed E-state index contributed by atoms with van der Waals surface area (Å²) in [6, 6.07) is 5.11. The summed E-state index contributed by atoms with van der Waals surface area (Å²) >= 11 is 5.94. The fraction of sp³-hybridized carbons (Fsp3) is 0.455. The minimum atomic E-state index is -3.73. The lowest BCUT2D eigenvalue weighted by atomic mass is 10.1. The molecule has 0 unspecified atom stereocenters. The van der Waals surface area contributed by atoms with Crippen molar-refractivity contribution >= 4 is 27.1 Å². The lowest BCUT2D eigenvalue weighted by Gasteiger charge is -2.27. The number of hydrogen-bond donors (Lipinski definition) is 1. The zero-order valence-corrected chi connectivity index (χ0v) is 12.0. The molecule has 1 rings (SSSR count). The number of aliphatic hydroxyl groups excluding tert-OH is 1. The summed E-state index contributed by atoms with van der Waals surface area (Å²) in [6.45, 7) is 2.59. The maximum atomic E-state index is 11.8. The summed E-state index contributed by atoms with van der Waals surface area (Å²) in [5.41, 5.74) is -0.151. The molecule has 0 aliphatic heterocycles. The molecule has 0 bridgehead atoms. The van der Waals surface area contributed by atoms with Crippen LogP contribution in [0.5, 0.6) is 0 Å². The number of aliphatic hydroxyl groups is 1. The van der Waals surface area contributed by atoms with Crippen molar-refractivity contribution in [3.63, 3.8) is 0 Å². The molecule has 0 radical (unpaired) electrons. The fourth-order valence-corrected chi connectivity index (χ4v) is 3.05. The van der Waals surface area contributed by atoms with Gasteiger partial charge in [0.1, 0.15) is 6.10 Å². The number of nitrogens with zero attached hydrogens (tertiary/aromatic N) is 1. The van der Waals surface area contributed by atoms with Crippen LogP contribution in [-0.2, 0) is 9.84 Å². The Morgan fingerprint density at radius 1 is 1.53 bits per heavy atom. The smallest absolute Gasteiger partial charge is 0.269 e. The van der Waals surface area contributed by atoms with Crippen LogP contribution in [-0.4, -0.2) is 28.4 Å². The van der Waals surface area contributed by atoms with Crippen molar-refractivity contribution in [2.75, 3.05) is 5.75 Å². The molecule has 6 nitrogen and oxygen atoms in total. The van der Waals surface area contributed by atoms with E-state index in [4.69, 9.17) is 11.6 Å². The van der Waals surface area contributed by atoms with E-state index in [1.165, 1.54) is 32.0 Å². The van der Waals surface area contributed by atoms with E-state index in [0.717, 1.165) is 6.07 Å². The van der Waals surface area contributed by atoms with Gasteiger partial charge < -0.3 is 5.11 Å². The molecule has 2 atom stereocenters. The SMILES string of the molecule is CCS(=O)(=O)[C@@](C)(Cl)[C@H](O)c1cccc([N+](=O)[O-])c1. The molecule has 1 aromatic carbocycles. The van der Waals surface area contributed by atoms with Gasteiger partial charge in [-0.15, -0.1) is 0 Å². The molecule has 1 N–H and O–H groups in total. The number of alkyl halides is 1. The summed E-state index contributed by atoms with van der Waals surface area (Å²) in [5, 5.41) is 20.7. The number of nitro benzene ring substituents is 1. The van der Waals surface area contributed by atoms with Gasteiger partial charge in [-0.25, -0.2) is 8.42 Å². The lowest BCUT2D eigenvalue weighted by Crippen LogP contribution is -2.37. The van der Waals surface area contributed by atoms with Gasteiger partial charge in [-0.2, -0.15) is 0 Å². The second-order valence-electron chi connectivity index (χ2n) is 4.14. The quantitative estimate of drug-likeness (QED) is 0.510. The van der Waals surface area contributed by atoms with Gasteiger partial charge in [-0.3, -0.25) is 10.1 Å². The summed E-state index contributed by atoms with van der Waals surface area (Å²) < 4.78 is 21.7. The number of rotatable bonds is 5. The summed E-state index contributed by atoms with van der Waals surface area (Å²) in [5.74, 6) is -0.237. The molecular weight excluding hydrogens is 294 g/mol. The van der Waals surface area contributed by atoms with Crippen LogP contribution in [0.3, 0.4) is 0 Å². The Morgan fingerprint density at radius 2 is 2.11 bits per heavy atom. The highest BCUT2D eigenvalue weighted by Gasteiger charge is 2.43. The summed E-state index contributed by atoms with van der Waals surface area (Å²) in [4.78, 5) is 10.0. The molecular formula is C11H14ClNO5S. The lowest BCUT2D eigenvalue weighted by molar-refractivity contribution is -0.385. The molecule has 0 aromatic heterocycles. The number of hydrogen-bond acceptors (Lipinski definition) is 5. The van der Waals surface area contributed by atoms with Crippen LogP contribution in [0, 0.1) is 10.1 Å². The van der Waals surface area contributed by atoms with Crippen LogP contribution in [0.2, 0.25) is 0 Å². The number of sulfone groups is 1. The van der Waals surface area contributed by atoms with Gasteiger partial charge in [-0.05, 0) is 12.5 Å². The molecule has 1 aromatic rings. The van der Waals surface area contributed by atoms with Crippen molar-refractivity contribution in [3.05, 3.63) is 39.9 Å². The van der Waals surface area contributed by atoms with Crippen LogP contribution in [0.1, 0.15) is 25.5 Å². The maximum Gasteiger partial charge on any atom is 0.269 e. The highest BCUT2D eigenvalue weighted by molar-refractivity contribution is 7.94. The second kappa shape index (κ2) is 5.44. The zero-order valence-electron chi connectivity index (χ0n) is 10.4. The molecule has 0 heterocycles. The Hall–Kier alpha value is -1.18. The van der Waals surface area contributed by atoms with Gasteiger partial charge in [-0.1, -0.05) is 30.7 Å². The molecule has 19 heavy (non-hydrogen) atoms. The zero-order chi connectivity index (χ0) is 14.8. The van der Waals surface area contributed by atoms with Crippen molar-refractivity contribution in [1.82, 2.24) is 0 Å². The van der Waals surface area contributed by atoms with E-state index in [2.05, 4.69) is 0 Å². The van der Waals surface area contributed by atoms with Crippen molar-refractivity contribution in [1.29, 1.82) is 0 Å². The Labute approximate surface area is 116 Å². The van der Waals surface area contributed by atoms with Crippen LogP contribution < -0.4 is 0 Å². The van der Waals surface area contributed by atoms with Crippen molar-refractivity contribution in [3.8, 4) is 0 Å². The van der Waals surface area contributed by atoms with Crippen LogP contribution >= 0.6 is 11.6 Å². The Balaban J connectivity index is 3.24. The van der Waals surface area contributed by atoms with Gasteiger partial charge in [0.15, 0.2) is 14.0 Å². The van der Waals surface area contributed by atoms with Crippen LogP contribution in [0.15, 0.2) is 24.3 Å². The summed E-state index contributed by atoms with van der Waals surface area (Å²) in [6.07, 6.45) is -1.56. The van der Waals surface area contributed by atoms with E-state index in [-0.39, 0.29) is 17.0 Å². The number of halogens is 1. The van der Waals surface area contributed by atoms with Crippen molar-refractivity contribution < 1.29 is 18.4 Å². The predicted molar refractivity (Wildman–Crippen MR) is 71.8 cm³/mol. The van der Waals surface area contributed by atoms with Gasteiger partial charge in [0.25, 0.3) is 5.69 Å². The highest BCUT2D eigenvalue weighted by Crippen LogP contribution is 2.37. The van der Waals surface area contributed by atoms with Crippen molar-refractivity contribution in [2.24, 2.45) is 0 Å². The Kier molecular flexibility index (Phi) is 4.54. The molecule has 8 heteroatoms. The molecule has 0 aliphatic rings. The molecule has 0 saturated heterocycles. The number of benzene rings is 1. The topological polar surface area (TPSA) is 97.5 Å². The highest BCUT2D eigenvalue weighted by atomic mass is 35.5. The van der Waals surface area contributed by atoms with E-state index in [1.54, 1.807) is 0 Å². The van der Waals surface area contributed by atoms with E-state index in [1.807, 2.05) is 0 Å². The Bertz CT molecular complexity index is 585. The molecule has 0 aliphatic carbocycles. The second-order valence-corrected chi connectivity index (χ2v) is 7.81. The molecule has 106 valence electrons. The fourth-order valence-electron chi connectivity index (χ4n) is 1.56. The van der Waals surface area contributed by atoms with Crippen LogP contribution in [0.25, 0.3) is 0 Å². The minimum absolute atomic E-state index is 0.0868. The molecule has 0 fully saturated rings. The van der Waals surface area contributed by atoms with Crippen LogP contribution in [0.4, 0.5) is 5.69 Å². The molecule has 0 amide bonds. The summed E-state index contributed by atoms with van der Waals surface area (Å²) in [7, 11) is -3.73. The first-order valence-electron chi connectivity index (χ1n) is 5.47. The largest absolute Gasteiger partial charge is 0.385 e. The Morgan fingerprint density at radius 3 is 2.58 bits per heavy atom.